The van der Waals surface area contributed by atoms with E-state index in [1.165, 1.54) is 16.7 Å². The molecule has 0 saturated heterocycles. The lowest BCUT2D eigenvalue weighted by Crippen LogP contribution is -2.40. The molecule has 0 radical (unpaired) electrons. The van der Waals surface area contributed by atoms with Gasteiger partial charge in [0.15, 0.2) is 0 Å². The predicted octanol–water partition coefficient (Wildman–Crippen LogP) is 3.23. The molecule has 0 spiro atoms. The molecule has 2 atom stereocenters. The Morgan fingerprint density at radius 1 is 1.18 bits per heavy atom. The summed E-state index contributed by atoms with van der Waals surface area (Å²) in [6, 6.07) is 14.5. The molecule has 22 heavy (non-hydrogen) atoms. The lowest BCUT2D eigenvalue weighted by atomic mass is 9.91. The van der Waals surface area contributed by atoms with Gasteiger partial charge in [-0.25, -0.2) is 0 Å². The Kier molecular flexibility index (Phi) is 4.19. The van der Waals surface area contributed by atoms with Gasteiger partial charge >= 0.3 is 0 Å². The molecule has 116 valence electrons. The normalized spacial score (nSPS) is 20.6. The highest BCUT2D eigenvalue weighted by Crippen LogP contribution is 2.39. The molecule has 3 rings (SSSR count). The lowest BCUT2D eigenvalue weighted by molar-refractivity contribution is 0.00649. The topological polar surface area (TPSA) is 32.7 Å². The number of nitrogens with zero attached hydrogens (tertiary/aromatic N) is 1. The predicted molar refractivity (Wildman–Crippen MR) is 88.1 cm³/mol. The van der Waals surface area contributed by atoms with E-state index in [0.717, 1.165) is 17.9 Å². The van der Waals surface area contributed by atoms with Gasteiger partial charge in [0.25, 0.3) is 0 Å². The van der Waals surface area contributed by atoms with Crippen molar-refractivity contribution in [1.29, 1.82) is 0 Å². The van der Waals surface area contributed by atoms with Crippen LogP contribution in [-0.4, -0.2) is 29.8 Å². The molecule has 0 bridgehead atoms. The van der Waals surface area contributed by atoms with Gasteiger partial charge in [-0.05, 0) is 43.7 Å². The van der Waals surface area contributed by atoms with Crippen molar-refractivity contribution in [2.45, 2.75) is 32.5 Å². The van der Waals surface area contributed by atoms with E-state index in [-0.39, 0.29) is 6.04 Å². The van der Waals surface area contributed by atoms with E-state index in [1.807, 2.05) is 18.2 Å². The largest absolute Gasteiger partial charge is 0.490 e. The van der Waals surface area contributed by atoms with Crippen molar-refractivity contribution in [3.05, 3.63) is 64.7 Å². The molecule has 1 N–H and O–H groups in total. The van der Waals surface area contributed by atoms with Gasteiger partial charge in [-0.15, -0.1) is 0 Å². The number of aliphatic hydroxyl groups excluding tert-OH is 1. The summed E-state index contributed by atoms with van der Waals surface area (Å²) in [5.74, 6) is 0.910. The quantitative estimate of drug-likeness (QED) is 0.944. The van der Waals surface area contributed by atoms with Gasteiger partial charge in [-0.2, -0.15) is 0 Å². The maximum absolute atomic E-state index is 10.5. The van der Waals surface area contributed by atoms with Crippen LogP contribution in [0.25, 0.3) is 0 Å². The third-order valence-electron chi connectivity index (χ3n) is 4.31. The van der Waals surface area contributed by atoms with Gasteiger partial charge in [0.2, 0.25) is 0 Å². The highest BCUT2D eigenvalue weighted by atomic mass is 16.5. The first-order valence-electron chi connectivity index (χ1n) is 7.72. The van der Waals surface area contributed by atoms with Crippen LogP contribution < -0.4 is 4.74 Å². The Morgan fingerprint density at radius 2 is 1.91 bits per heavy atom. The number of fused-ring (bicyclic) bond motifs is 1. The number of likely N-dealkylation sites (N-methyl/N-ethyl adjacent to an activating group) is 1. The standard InChI is InChI=1S/C19H23NO2/c1-13-9-14(2)18-17(10-13)22-12-16(21)19(18)20(3)11-15-7-5-4-6-8-15/h4-10,16,19,21H,11-12H2,1-3H3. The summed E-state index contributed by atoms with van der Waals surface area (Å²) in [6.45, 7) is 5.32. The third kappa shape index (κ3) is 2.87. The molecule has 0 aromatic heterocycles. The van der Waals surface area contributed by atoms with Gasteiger partial charge in [-0.1, -0.05) is 36.4 Å². The van der Waals surface area contributed by atoms with Crippen LogP contribution in [0.5, 0.6) is 5.75 Å². The summed E-state index contributed by atoms with van der Waals surface area (Å²) >= 11 is 0. The molecule has 0 saturated carbocycles. The first kappa shape index (κ1) is 15.1. The second-order valence-corrected chi connectivity index (χ2v) is 6.22. The van der Waals surface area contributed by atoms with E-state index < -0.39 is 6.10 Å². The fraction of sp³-hybridized carbons (Fsp3) is 0.368. The minimum absolute atomic E-state index is 0.0374. The first-order chi connectivity index (χ1) is 10.6. The van der Waals surface area contributed by atoms with Crippen molar-refractivity contribution in [1.82, 2.24) is 4.90 Å². The molecular weight excluding hydrogens is 274 g/mol. The molecule has 0 amide bonds. The van der Waals surface area contributed by atoms with Crippen LogP contribution in [0.2, 0.25) is 0 Å². The molecule has 1 aliphatic rings. The van der Waals surface area contributed by atoms with Gasteiger partial charge in [0.1, 0.15) is 18.5 Å². The van der Waals surface area contributed by atoms with Crippen LogP contribution in [0.3, 0.4) is 0 Å². The SMILES string of the molecule is Cc1cc(C)c2c(c1)OCC(O)C2N(C)Cc1ccccc1. The van der Waals surface area contributed by atoms with E-state index in [2.05, 4.69) is 50.1 Å². The molecule has 3 nitrogen and oxygen atoms in total. The first-order valence-corrected chi connectivity index (χ1v) is 7.72. The summed E-state index contributed by atoms with van der Waals surface area (Å²) in [5, 5.41) is 10.5. The van der Waals surface area contributed by atoms with Gasteiger partial charge in [-0.3, -0.25) is 4.90 Å². The highest BCUT2D eigenvalue weighted by Gasteiger charge is 2.34. The van der Waals surface area contributed by atoms with E-state index in [4.69, 9.17) is 4.74 Å². The second kappa shape index (κ2) is 6.11. The van der Waals surface area contributed by atoms with E-state index >= 15 is 0 Å². The summed E-state index contributed by atoms with van der Waals surface area (Å²) < 4.78 is 5.75. The van der Waals surface area contributed by atoms with Gasteiger partial charge in [0.05, 0.1) is 6.04 Å². The number of ether oxygens (including phenoxy) is 1. The van der Waals surface area contributed by atoms with Gasteiger partial charge in [0, 0.05) is 12.1 Å². The fourth-order valence-electron chi connectivity index (χ4n) is 3.38. The number of aryl methyl sites for hydroxylation is 2. The van der Waals surface area contributed by atoms with Crippen LogP contribution in [0, 0.1) is 13.8 Å². The highest BCUT2D eigenvalue weighted by molar-refractivity contribution is 5.47. The summed E-state index contributed by atoms with van der Waals surface area (Å²) in [6.07, 6.45) is -0.511. The van der Waals surface area contributed by atoms with E-state index in [1.54, 1.807) is 0 Å². The molecule has 2 aromatic rings. The maximum atomic E-state index is 10.5. The molecule has 2 aromatic carbocycles. The maximum Gasteiger partial charge on any atom is 0.124 e. The monoisotopic (exact) mass is 297 g/mol. The zero-order chi connectivity index (χ0) is 15.7. The van der Waals surface area contributed by atoms with E-state index in [9.17, 15) is 5.11 Å². The van der Waals surface area contributed by atoms with Crippen molar-refractivity contribution in [2.24, 2.45) is 0 Å². The second-order valence-electron chi connectivity index (χ2n) is 6.22. The van der Waals surface area contributed by atoms with Crippen molar-refractivity contribution in [3.8, 4) is 5.75 Å². The molecule has 0 aliphatic carbocycles. The molecule has 3 heteroatoms. The Balaban J connectivity index is 1.93. The Bertz CT molecular complexity index is 654. The Labute approximate surface area is 132 Å². The molecule has 1 aliphatic heterocycles. The van der Waals surface area contributed by atoms with Crippen LogP contribution in [0.1, 0.15) is 28.3 Å². The third-order valence-corrected chi connectivity index (χ3v) is 4.31. The molecule has 1 heterocycles. The lowest BCUT2D eigenvalue weighted by Gasteiger charge is -2.38. The van der Waals surface area contributed by atoms with Crippen LogP contribution >= 0.6 is 0 Å². The molecular formula is C19H23NO2. The average Bonchev–Trinajstić information content (AvgIpc) is 2.48. The fourth-order valence-corrected chi connectivity index (χ4v) is 3.38. The van der Waals surface area contributed by atoms with Crippen LogP contribution in [0.4, 0.5) is 0 Å². The summed E-state index contributed by atoms with van der Waals surface area (Å²) in [7, 11) is 2.06. The van der Waals surface area contributed by atoms with E-state index in [0.29, 0.717) is 6.61 Å². The summed E-state index contributed by atoms with van der Waals surface area (Å²) in [5.41, 5.74) is 4.73. The molecule has 0 fully saturated rings. The zero-order valence-electron chi connectivity index (χ0n) is 13.4. The van der Waals surface area contributed by atoms with Crippen molar-refractivity contribution in [3.63, 3.8) is 0 Å². The van der Waals surface area contributed by atoms with Gasteiger partial charge < -0.3 is 9.84 Å². The smallest absolute Gasteiger partial charge is 0.124 e. The van der Waals surface area contributed by atoms with Crippen LogP contribution in [-0.2, 0) is 6.54 Å². The van der Waals surface area contributed by atoms with Crippen molar-refractivity contribution < 1.29 is 9.84 Å². The van der Waals surface area contributed by atoms with Crippen molar-refractivity contribution in [2.75, 3.05) is 13.7 Å². The number of hydrogen-bond donors (Lipinski definition) is 1. The number of rotatable bonds is 3. The average molecular weight is 297 g/mol. The number of aliphatic hydroxyl groups is 1. The Morgan fingerprint density at radius 3 is 2.64 bits per heavy atom. The van der Waals surface area contributed by atoms with Crippen LogP contribution in [0.15, 0.2) is 42.5 Å². The summed E-state index contributed by atoms with van der Waals surface area (Å²) in [4.78, 5) is 2.21. The number of hydrogen-bond acceptors (Lipinski definition) is 3. The Hall–Kier alpha value is -1.84. The minimum atomic E-state index is -0.511. The minimum Gasteiger partial charge on any atom is -0.490 e. The number of benzene rings is 2. The molecule has 2 unspecified atom stereocenters. The zero-order valence-corrected chi connectivity index (χ0v) is 13.4. The van der Waals surface area contributed by atoms with Crippen molar-refractivity contribution >= 4 is 0 Å².